The van der Waals surface area contributed by atoms with Gasteiger partial charge in [0.2, 0.25) is 17.6 Å². The van der Waals surface area contributed by atoms with E-state index in [1.165, 1.54) is 0 Å². The SMILES string of the molecule is COc1ccc(C)cc1C(C)NC(=O)CCc1nc(-c2ccncc2)no1. The first-order valence-electron chi connectivity index (χ1n) is 8.73. The van der Waals surface area contributed by atoms with Crippen molar-refractivity contribution in [1.29, 1.82) is 0 Å². The zero-order chi connectivity index (χ0) is 19.2. The van der Waals surface area contributed by atoms with Crippen molar-refractivity contribution in [3.8, 4) is 17.1 Å². The van der Waals surface area contributed by atoms with E-state index in [0.29, 0.717) is 18.1 Å². The maximum Gasteiger partial charge on any atom is 0.227 e. The Bertz CT molecular complexity index is 909. The molecule has 0 saturated heterocycles. The molecule has 0 bridgehead atoms. The Balaban J connectivity index is 1.57. The minimum atomic E-state index is -0.164. The van der Waals surface area contributed by atoms with E-state index >= 15 is 0 Å². The summed E-state index contributed by atoms with van der Waals surface area (Å²) in [4.78, 5) is 20.6. The number of methoxy groups -OCH3 is 1. The van der Waals surface area contributed by atoms with Crippen molar-refractivity contribution >= 4 is 5.91 Å². The van der Waals surface area contributed by atoms with Crippen LogP contribution in [0, 0.1) is 6.92 Å². The van der Waals surface area contributed by atoms with Crippen LogP contribution in [0.3, 0.4) is 0 Å². The van der Waals surface area contributed by atoms with Gasteiger partial charge in [-0.15, -0.1) is 0 Å². The molecule has 2 aromatic heterocycles. The van der Waals surface area contributed by atoms with Crippen LogP contribution in [-0.4, -0.2) is 28.1 Å². The van der Waals surface area contributed by atoms with Gasteiger partial charge in [-0.3, -0.25) is 9.78 Å². The summed E-state index contributed by atoms with van der Waals surface area (Å²) in [6, 6.07) is 9.35. The number of rotatable bonds is 7. The Morgan fingerprint density at radius 2 is 2.04 bits per heavy atom. The quantitative estimate of drug-likeness (QED) is 0.690. The van der Waals surface area contributed by atoms with Gasteiger partial charge in [0.1, 0.15) is 5.75 Å². The monoisotopic (exact) mass is 366 g/mol. The predicted octanol–water partition coefficient (Wildman–Crippen LogP) is 3.26. The number of hydrogen-bond acceptors (Lipinski definition) is 6. The standard InChI is InChI=1S/C20H22N4O3/c1-13-4-5-17(26-3)16(12-13)14(2)22-18(25)6-7-19-23-20(24-27-19)15-8-10-21-11-9-15/h4-5,8-12,14H,6-7H2,1-3H3,(H,22,25). The van der Waals surface area contributed by atoms with Crippen LogP contribution in [0.4, 0.5) is 0 Å². The summed E-state index contributed by atoms with van der Waals surface area (Å²) in [5, 5.41) is 6.93. The number of carbonyl (C=O) groups excluding carboxylic acids is 1. The van der Waals surface area contributed by atoms with Gasteiger partial charge in [-0.2, -0.15) is 4.98 Å². The summed E-state index contributed by atoms with van der Waals surface area (Å²) in [5.74, 6) is 1.59. The lowest BCUT2D eigenvalue weighted by molar-refractivity contribution is -0.121. The molecule has 3 rings (SSSR count). The maximum absolute atomic E-state index is 12.3. The minimum absolute atomic E-state index is 0.0882. The molecule has 0 aliphatic rings. The molecule has 0 spiro atoms. The van der Waals surface area contributed by atoms with E-state index in [9.17, 15) is 4.79 Å². The number of carbonyl (C=O) groups is 1. The zero-order valence-corrected chi connectivity index (χ0v) is 15.6. The van der Waals surface area contributed by atoms with Gasteiger partial charge < -0.3 is 14.6 Å². The Labute approximate surface area is 157 Å². The highest BCUT2D eigenvalue weighted by Gasteiger charge is 2.16. The van der Waals surface area contributed by atoms with Gasteiger partial charge in [-0.25, -0.2) is 0 Å². The number of benzene rings is 1. The third kappa shape index (κ3) is 4.69. The fourth-order valence-corrected chi connectivity index (χ4v) is 2.78. The molecule has 140 valence electrons. The highest BCUT2D eigenvalue weighted by atomic mass is 16.5. The number of amides is 1. The van der Waals surface area contributed by atoms with Crippen LogP contribution in [0.1, 0.15) is 36.4 Å². The first-order chi connectivity index (χ1) is 13.1. The maximum atomic E-state index is 12.3. The molecule has 0 radical (unpaired) electrons. The Hall–Kier alpha value is -3.22. The van der Waals surface area contributed by atoms with Crippen molar-refractivity contribution in [2.75, 3.05) is 7.11 Å². The lowest BCUT2D eigenvalue weighted by Crippen LogP contribution is -2.27. The summed E-state index contributed by atoms with van der Waals surface area (Å²) >= 11 is 0. The smallest absolute Gasteiger partial charge is 0.227 e. The van der Waals surface area contributed by atoms with Crippen molar-refractivity contribution in [1.82, 2.24) is 20.4 Å². The Kier molecular flexibility index (Phi) is 5.80. The van der Waals surface area contributed by atoms with Gasteiger partial charge >= 0.3 is 0 Å². The average Bonchev–Trinajstić information content (AvgIpc) is 3.16. The van der Waals surface area contributed by atoms with E-state index in [-0.39, 0.29) is 18.4 Å². The molecule has 1 amide bonds. The van der Waals surface area contributed by atoms with Crippen LogP contribution in [0.2, 0.25) is 0 Å². The third-order valence-corrected chi connectivity index (χ3v) is 4.20. The lowest BCUT2D eigenvalue weighted by Gasteiger charge is -2.17. The molecular formula is C20H22N4O3. The molecular weight excluding hydrogens is 344 g/mol. The number of nitrogens with zero attached hydrogens (tertiary/aromatic N) is 3. The second-order valence-corrected chi connectivity index (χ2v) is 6.28. The normalized spacial score (nSPS) is 11.8. The summed E-state index contributed by atoms with van der Waals surface area (Å²) in [6.07, 6.45) is 3.97. The number of pyridine rings is 1. The average molecular weight is 366 g/mol. The zero-order valence-electron chi connectivity index (χ0n) is 15.6. The molecule has 27 heavy (non-hydrogen) atoms. The van der Waals surface area contributed by atoms with E-state index in [2.05, 4.69) is 20.4 Å². The number of hydrogen-bond donors (Lipinski definition) is 1. The lowest BCUT2D eigenvalue weighted by atomic mass is 10.0. The summed E-state index contributed by atoms with van der Waals surface area (Å²) in [7, 11) is 1.62. The molecule has 1 N–H and O–H groups in total. The Morgan fingerprint density at radius 3 is 2.78 bits per heavy atom. The molecule has 0 aliphatic heterocycles. The van der Waals surface area contributed by atoms with Crippen LogP contribution >= 0.6 is 0 Å². The van der Waals surface area contributed by atoms with Crippen LogP contribution < -0.4 is 10.1 Å². The molecule has 7 heteroatoms. The second kappa shape index (κ2) is 8.44. The van der Waals surface area contributed by atoms with Crippen molar-refractivity contribution in [3.63, 3.8) is 0 Å². The molecule has 2 heterocycles. The summed E-state index contributed by atoms with van der Waals surface area (Å²) in [6.45, 7) is 3.94. The van der Waals surface area contributed by atoms with Gasteiger partial charge in [0, 0.05) is 36.4 Å². The fourth-order valence-electron chi connectivity index (χ4n) is 2.78. The van der Waals surface area contributed by atoms with Crippen molar-refractivity contribution in [2.24, 2.45) is 0 Å². The molecule has 7 nitrogen and oxygen atoms in total. The van der Waals surface area contributed by atoms with E-state index in [4.69, 9.17) is 9.26 Å². The number of ether oxygens (including phenoxy) is 1. The number of nitrogens with one attached hydrogen (secondary N) is 1. The van der Waals surface area contributed by atoms with Gasteiger partial charge in [0.05, 0.1) is 13.2 Å². The van der Waals surface area contributed by atoms with Gasteiger partial charge in [-0.05, 0) is 32.0 Å². The van der Waals surface area contributed by atoms with Crippen molar-refractivity contribution in [2.45, 2.75) is 32.7 Å². The minimum Gasteiger partial charge on any atom is -0.496 e. The van der Waals surface area contributed by atoms with Crippen molar-refractivity contribution in [3.05, 3.63) is 59.7 Å². The Morgan fingerprint density at radius 1 is 1.26 bits per heavy atom. The topological polar surface area (TPSA) is 90.1 Å². The van der Waals surface area contributed by atoms with E-state index < -0.39 is 0 Å². The van der Waals surface area contributed by atoms with Crippen LogP contribution in [0.5, 0.6) is 5.75 Å². The van der Waals surface area contributed by atoms with Gasteiger partial charge in [0.15, 0.2) is 0 Å². The van der Waals surface area contributed by atoms with E-state index in [1.54, 1.807) is 31.6 Å². The molecule has 0 fully saturated rings. The molecule has 0 saturated carbocycles. The highest BCUT2D eigenvalue weighted by molar-refractivity contribution is 5.76. The van der Waals surface area contributed by atoms with Gasteiger partial charge in [0.25, 0.3) is 0 Å². The second-order valence-electron chi connectivity index (χ2n) is 6.28. The molecule has 0 aliphatic carbocycles. The molecule has 1 aromatic carbocycles. The largest absolute Gasteiger partial charge is 0.496 e. The third-order valence-electron chi connectivity index (χ3n) is 4.20. The molecule has 1 atom stereocenters. The van der Waals surface area contributed by atoms with Crippen LogP contribution in [0.15, 0.2) is 47.2 Å². The summed E-state index contributed by atoms with van der Waals surface area (Å²) < 4.78 is 10.6. The van der Waals surface area contributed by atoms with Crippen molar-refractivity contribution < 1.29 is 14.1 Å². The van der Waals surface area contributed by atoms with Gasteiger partial charge in [-0.1, -0.05) is 22.9 Å². The summed E-state index contributed by atoms with van der Waals surface area (Å²) in [5.41, 5.74) is 2.88. The first-order valence-corrected chi connectivity index (χ1v) is 8.73. The van der Waals surface area contributed by atoms with Crippen LogP contribution in [0.25, 0.3) is 11.4 Å². The molecule has 1 unspecified atom stereocenters. The van der Waals surface area contributed by atoms with E-state index in [0.717, 1.165) is 22.4 Å². The first kappa shape index (κ1) is 18.6. The highest BCUT2D eigenvalue weighted by Crippen LogP contribution is 2.26. The number of aryl methyl sites for hydroxylation is 2. The molecule has 3 aromatic rings. The number of aromatic nitrogens is 3. The fraction of sp³-hybridized carbons (Fsp3) is 0.300. The van der Waals surface area contributed by atoms with E-state index in [1.807, 2.05) is 32.0 Å². The van der Waals surface area contributed by atoms with Crippen LogP contribution in [-0.2, 0) is 11.2 Å². The predicted molar refractivity (Wildman–Crippen MR) is 100 cm³/mol.